The van der Waals surface area contributed by atoms with Crippen LogP contribution in [0.15, 0.2) is 21.5 Å². The first-order chi connectivity index (χ1) is 4.61. The average Bonchev–Trinajstić information content (AvgIpc) is 1.82. The van der Waals surface area contributed by atoms with Crippen molar-refractivity contribution in [2.45, 2.75) is 4.90 Å². The monoisotopic (exact) mass is 240 g/mol. The van der Waals surface area contributed by atoms with Gasteiger partial charge in [-0.25, -0.2) is 4.39 Å². The van der Waals surface area contributed by atoms with Gasteiger partial charge in [0.1, 0.15) is 0 Å². The molecular formula is C6H3BrClFS. The molecule has 1 aromatic carbocycles. The highest BCUT2D eigenvalue weighted by molar-refractivity contribution is 9.10. The van der Waals surface area contributed by atoms with Crippen molar-refractivity contribution in [2.75, 3.05) is 0 Å². The van der Waals surface area contributed by atoms with Gasteiger partial charge in [-0.1, -0.05) is 27.5 Å². The van der Waals surface area contributed by atoms with Crippen LogP contribution < -0.4 is 0 Å². The number of hydrogen-bond donors (Lipinski definition) is 1. The molecule has 0 spiro atoms. The van der Waals surface area contributed by atoms with Crippen molar-refractivity contribution in [3.05, 3.63) is 27.4 Å². The fourth-order valence-electron chi connectivity index (χ4n) is 0.542. The van der Waals surface area contributed by atoms with Crippen LogP contribution in [0.2, 0.25) is 5.02 Å². The molecule has 0 atom stereocenters. The highest BCUT2D eigenvalue weighted by Crippen LogP contribution is 2.25. The Bertz CT molecular complexity index is 241. The molecule has 0 unspecified atom stereocenters. The Balaban J connectivity index is 3.31. The highest BCUT2D eigenvalue weighted by atomic mass is 79.9. The Morgan fingerprint density at radius 1 is 1.50 bits per heavy atom. The van der Waals surface area contributed by atoms with Crippen LogP contribution in [0, 0.1) is 5.82 Å². The standard InChI is InChI=1S/C6H3BrClFS/c7-3-1-4(8)6(9)5(10)2-3/h1-2,10H. The topological polar surface area (TPSA) is 0 Å². The molecule has 0 saturated carbocycles. The molecule has 10 heavy (non-hydrogen) atoms. The fraction of sp³-hybridized carbons (Fsp3) is 0. The Morgan fingerprint density at radius 3 is 2.60 bits per heavy atom. The van der Waals surface area contributed by atoms with E-state index in [0.29, 0.717) is 0 Å². The van der Waals surface area contributed by atoms with E-state index in [1.165, 1.54) is 6.07 Å². The molecule has 0 N–H and O–H groups in total. The van der Waals surface area contributed by atoms with Gasteiger partial charge in [-0.15, -0.1) is 12.6 Å². The molecule has 4 heteroatoms. The zero-order valence-corrected chi connectivity index (χ0v) is 7.97. The minimum atomic E-state index is -0.479. The van der Waals surface area contributed by atoms with E-state index in [9.17, 15) is 4.39 Å². The van der Waals surface area contributed by atoms with Crippen molar-refractivity contribution in [3.63, 3.8) is 0 Å². The largest absolute Gasteiger partial charge is 0.204 e. The summed E-state index contributed by atoms with van der Waals surface area (Å²) in [6.07, 6.45) is 0. The molecule has 1 aromatic rings. The molecule has 0 aromatic heterocycles. The van der Waals surface area contributed by atoms with E-state index in [-0.39, 0.29) is 9.92 Å². The molecule has 0 heterocycles. The van der Waals surface area contributed by atoms with Gasteiger partial charge in [-0.2, -0.15) is 0 Å². The molecule has 1 rings (SSSR count). The van der Waals surface area contributed by atoms with Crippen molar-refractivity contribution >= 4 is 40.2 Å². The summed E-state index contributed by atoms with van der Waals surface area (Å²) in [5.41, 5.74) is 0. The molecule has 0 aliphatic rings. The average molecular weight is 242 g/mol. The lowest BCUT2D eigenvalue weighted by molar-refractivity contribution is 0.602. The van der Waals surface area contributed by atoms with Gasteiger partial charge in [0.25, 0.3) is 0 Å². The minimum Gasteiger partial charge on any atom is -0.204 e. The van der Waals surface area contributed by atoms with E-state index in [1.54, 1.807) is 6.07 Å². The van der Waals surface area contributed by atoms with E-state index in [0.717, 1.165) is 4.47 Å². The predicted molar refractivity (Wildman–Crippen MR) is 46.4 cm³/mol. The Hall–Kier alpha value is 0.270. The summed E-state index contributed by atoms with van der Waals surface area (Å²) in [5.74, 6) is -0.479. The van der Waals surface area contributed by atoms with Crippen LogP contribution in [0.1, 0.15) is 0 Å². The lowest BCUT2D eigenvalue weighted by Crippen LogP contribution is -1.79. The lowest BCUT2D eigenvalue weighted by Gasteiger charge is -1.97. The van der Waals surface area contributed by atoms with Crippen LogP contribution in [0.5, 0.6) is 0 Å². The van der Waals surface area contributed by atoms with Crippen LogP contribution in [0.25, 0.3) is 0 Å². The zero-order chi connectivity index (χ0) is 7.72. The number of thiol groups is 1. The van der Waals surface area contributed by atoms with Gasteiger partial charge in [-0.3, -0.25) is 0 Å². The predicted octanol–water partition coefficient (Wildman–Crippen LogP) is 3.53. The molecule has 0 aliphatic heterocycles. The number of hydrogen-bond acceptors (Lipinski definition) is 1. The van der Waals surface area contributed by atoms with Crippen LogP contribution in [-0.4, -0.2) is 0 Å². The summed E-state index contributed by atoms with van der Waals surface area (Å²) in [4.78, 5) is 0.249. The van der Waals surface area contributed by atoms with Gasteiger partial charge in [-0.05, 0) is 12.1 Å². The Kier molecular flexibility index (Phi) is 2.61. The molecule has 0 aliphatic carbocycles. The first-order valence-corrected chi connectivity index (χ1v) is 4.06. The molecule has 0 bridgehead atoms. The maximum atomic E-state index is 12.7. The van der Waals surface area contributed by atoms with Crippen LogP contribution in [0.3, 0.4) is 0 Å². The van der Waals surface area contributed by atoms with Crippen molar-refractivity contribution < 1.29 is 4.39 Å². The SMILES string of the molecule is Fc1c(S)cc(Br)cc1Cl. The highest BCUT2D eigenvalue weighted by Gasteiger charge is 2.03. The van der Waals surface area contributed by atoms with Gasteiger partial charge in [0.2, 0.25) is 0 Å². The maximum Gasteiger partial charge on any atom is 0.155 e. The summed E-state index contributed by atoms with van der Waals surface area (Å²) in [5, 5.41) is 0.0828. The van der Waals surface area contributed by atoms with Crippen LogP contribution in [-0.2, 0) is 0 Å². The van der Waals surface area contributed by atoms with E-state index in [2.05, 4.69) is 28.6 Å². The number of benzene rings is 1. The van der Waals surface area contributed by atoms with E-state index >= 15 is 0 Å². The van der Waals surface area contributed by atoms with Gasteiger partial charge in [0.15, 0.2) is 5.82 Å². The molecule has 0 amide bonds. The second kappa shape index (κ2) is 3.11. The van der Waals surface area contributed by atoms with Crippen LogP contribution in [0.4, 0.5) is 4.39 Å². The third kappa shape index (κ3) is 1.65. The minimum absolute atomic E-state index is 0.0828. The van der Waals surface area contributed by atoms with Crippen LogP contribution >= 0.6 is 40.2 Å². The van der Waals surface area contributed by atoms with Crippen molar-refractivity contribution in [2.24, 2.45) is 0 Å². The first-order valence-electron chi connectivity index (χ1n) is 2.45. The normalized spacial score (nSPS) is 10.0. The van der Waals surface area contributed by atoms with Crippen molar-refractivity contribution in [3.8, 4) is 0 Å². The zero-order valence-electron chi connectivity index (χ0n) is 4.74. The molecule has 0 nitrogen and oxygen atoms in total. The molecule has 0 fully saturated rings. The van der Waals surface area contributed by atoms with Gasteiger partial charge in [0.05, 0.1) is 5.02 Å². The van der Waals surface area contributed by atoms with Crippen molar-refractivity contribution in [1.29, 1.82) is 0 Å². The Labute approximate surface area is 76.9 Å². The van der Waals surface area contributed by atoms with E-state index in [4.69, 9.17) is 11.6 Å². The summed E-state index contributed by atoms with van der Waals surface area (Å²) in [6.45, 7) is 0. The first kappa shape index (κ1) is 8.37. The Morgan fingerprint density at radius 2 is 2.10 bits per heavy atom. The molecular weight excluding hydrogens is 238 g/mol. The van der Waals surface area contributed by atoms with E-state index < -0.39 is 5.82 Å². The molecule has 0 saturated heterocycles. The number of rotatable bonds is 0. The molecule has 54 valence electrons. The summed E-state index contributed by atoms with van der Waals surface area (Å²) in [6, 6.07) is 3.03. The van der Waals surface area contributed by atoms with Crippen molar-refractivity contribution in [1.82, 2.24) is 0 Å². The smallest absolute Gasteiger partial charge is 0.155 e. The lowest BCUT2D eigenvalue weighted by atomic mass is 10.3. The van der Waals surface area contributed by atoms with Gasteiger partial charge >= 0.3 is 0 Å². The third-order valence-corrected chi connectivity index (χ3v) is 2.03. The summed E-state index contributed by atoms with van der Waals surface area (Å²) >= 11 is 12.5. The third-order valence-electron chi connectivity index (χ3n) is 0.974. The summed E-state index contributed by atoms with van der Waals surface area (Å²) < 4.78 is 13.4. The maximum absolute atomic E-state index is 12.7. The molecule has 0 radical (unpaired) electrons. The fourth-order valence-corrected chi connectivity index (χ4v) is 1.85. The second-order valence-corrected chi connectivity index (χ2v) is 3.53. The van der Waals surface area contributed by atoms with Gasteiger partial charge in [0, 0.05) is 9.37 Å². The number of halogens is 3. The second-order valence-electron chi connectivity index (χ2n) is 1.72. The quantitative estimate of drug-likeness (QED) is 0.521. The van der Waals surface area contributed by atoms with E-state index in [1.807, 2.05) is 0 Å². The van der Waals surface area contributed by atoms with Gasteiger partial charge < -0.3 is 0 Å². The summed E-state index contributed by atoms with van der Waals surface area (Å²) in [7, 11) is 0.